The second-order valence-electron chi connectivity index (χ2n) is 5.20. The molecule has 1 aromatic heterocycles. The average Bonchev–Trinajstić information content (AvgIpc) is 2.75. The molecule has 19 heavy (non-hydrogen) atoms. The summed E-state index contributed by atoms with van der Waals surface area (Å²) in [4.78, 5) is 6.10. The van der Waals surface area contributed by atoms with Crippen LogP contribution in [0.5, 0.6) is 0 Å². The van der Waals surface area contributed by atoms with Gasteiger partial charge in [0.05, 0.1) is 5.69 Å². The molecule has 1 heterocycles. The molecule has 0 aromatic carbocycles. The molecule has 1 rings (SSSR count). The number of nitrogens with one attached hydrogen (secondary N) is 1. The molecule has 0 aliphatic rings. The van der Waals surface area contributed by atoms with E-state index in [1.165, 1.54) is 4.88 Å². The normalized spacial score (nSPS) is 12.4. The Morgan fingerprint density at radius 1 is 1.26 bits per heavy atom. The van der Waals surface area contributed by atoms with Gasteiger partial charge in [-0.2, -0.15) is 0 Å². The molecule has 0 saturated carbocycles. The molecular weight excluding hydrogens is 256 g/mol. The molecule has 0 fully saturated rings. The van der Waals surface area contributed by atoms with Crippen LogP contribution in [0.4, 0.5) is 0 Å². The summed E-state index contributed by atoms with van der Waals surface area (Å²) in [5.41, 5.74) is 0.944. The topological polar surface area (TPSA) is 34.1 Å². The van der Waals surface area contributed by atoms with Crippen LogP contribution in [-0.4, -0.2) is 17.6 Å². The fourth-order valence-corrected chi connectivity index (χ4v) is 3.48. The summed E-state index contributed by atoms with van der Waals surface area (Å²) >= 11 is 1.80. The highest BCUT2D eigenvalue weighted by molar-refractivity contribution is 7.11. The Kier molecular flexibility index (Phi) is 6.43. The molecular formula is C15H28N2OS. The summed E-state index contributed by atoms with van der Waals surface area (Å²) < 4.78 is 6.04. The zero-order valence-corrected chi connectivity index (χ0v) is 14.0. The van der Waals surface area contributed by atoms with Crippen molar-refractivity contribution in [3.05, 3.63) is 15.6 Å². The smallest absolute Gasteiger partial charge is 0.125 e. The molecule has 0 amide bonds. The van der Waals surface area contributed by atoms with Gasteiger partial charge in [0.25, 0.3) is 0 Å². The fourth-order valence-electron chi connectivity index (χ4n) is 2.18. The molecule has 0 atom stereocenters. The standard InChI is InChI=1S/C15H28N2OS/c1-7-15(8-2,18-9-3)14-17-12(6)13(19-14)10-16-11(4)5/h11,16H,7-10H2,1-6H3. The van der Waals surface area contributed by atoms with Crippen molar-refractivity contribution < 1.29 is 4.74 Å². The minimum atomic E-state index is -0.194. The average molecular weight is 284 g/mol. The van der Waals surface area contributed by atoms with E-state index in [4.69, 9.17) is 9.72 Å². The van der Waals surface area contributed by atoms with Gasteiger partial charge in [0, 0.05) is 24.1 Å². The molecule has 0 aliphatic carbocycles. The Bertz CT molecular complexity index is 383. The number of aromatic nitrogens is 1. The molecule has 0 spiro atoms. The Morgan fingerprint density at radius 2 is 1.89 bits per heavy atom. The summed E-state index contributed by atoms with van der Waals surface area (Å²) in [6.07, 6.45) is 1.95. The van der Waals surface area contributed by atoms with Gasteiger partial charge in [-0.15, -0.1) is 11.3 Å². The predicted molar refractivity (Wildman–Crippen MR) is 82.7 cm³/mol. The van der Waals surface area contributed by atoms with Crippen LogP contribution in [0, 0.1) is 6.92 Å². The first-order valence-electron chi connectivity index (χ1n) is 7.33. The van der Waals surface area contributed by atoms with Crippen LogP contribution in [0.15, 0.2) is 0 Å². The van der Waals surface area contributed by atoms with Crippen molar-refractivity contribution in [1.29, 1.82) is 0 Å². The Labute approximate surface area is 121 Å². The number of hydrogen-bond donors (Lipinski definition) is 1. The lowest BCUT2D eigenvalue weighted by molar-refractivity contribution is -0.0507. The lowest BCUT2D eigenvalue weighted by atomic mass is 9.98. The number of ether oxygens (including phenoxy) is 1. The van der Waals surface area contributed by atoms with Crippen molar-refractivity contribution in [3.63, 3.8) is 0 Å². The monoisotopic (exact) mass is 284 g/mol. The number of aryl methyl sites for hydroxylation is 1. The van der Waals surface area contributed by atoms with Crippen molar-refractivity contribution in [3.8, 4) is 0 Å². The van der Waals surface area contributed by atoms with Gasteiger partial charge in [0.15, 0.2) is 0 Å². The number of nitrogens with zero attached hydrogens (tertiary/aromatic N) is 1. The molecule has 0 bridgehead atoms. The van der Waals surface area contributed by atoms with Gasteiger partial charge in [-0.1, -0.05) is 27.7 Å². The molecule has 4 heteroatoms. The lowest BCUT2D eigenvalue weighted by Gasteiger charge is -2.29. The molecule has 3 nitrogen and oxygen atoms in total. The highest BCUT2D eigenvalue weighted by Gasteiger charge is 2.33. The lowest BCUT2D eigenvalue weighted by Crippen LogP contribution is -2.28. The molecule has 0 saturated heterocycles. The molecule has 1 aromatic rings. The van der Waals surface area contributed by atoms with Gasteiger partial charge in [0.1, 0.15) is 10.6 Å². The van der Waals surface area contributed by atoms with E-state index in [1.54, 1.807) is 11.3 Å². The minimum Gasteiger partial charge on any atom is -0.368 e. The van der Waals surface area contributed by atoms with Crippen molar-refractivity contribution in [2.75, 3.05) is 6.61 Å². The van der Waals surface area contributed by atoms with Crippen molar-refractivity contribution in [1.82, 2.24) is 10.3 Å². The van der Waals surface area contributed by atoms with E-state index in [9.17, 15) is 0 Å². The number of thiazole rings is 1. The molecule has 0 unspecified atom stereocenters. The van der Waals surface area contributed by atoms with Crippen molar-refractivity contribution in [2.45, 2.75) is 72.6 Å². The van der Waals surface area contributed by atoms with E-state index in [-0.39, 0.29) is 5.60 Å². The summed E-state index contributed by atoms with van der Waals surface area (Å²) in [5, 5.41) is 4.60. The molecule has 0 aliphatic heterocycles. The van der Waals surface area contributed by atoms with Gasteiger partial charge < -0.3 is 10.1 Å². The maximum atomic E-state index is 6.04. The SMILES string of the molecule is CCOC(CC)(CC)c1nc(C)c(CNC(C)C)s1. The van der Waals surface area contributed by atoms with Gasteiger partial charge in [-0.05, 0) is 26.7 Å². The first-order chi connectivity index (χ1) is 8.99. The van der Waals surface area contributed by atoms with Crippen LogP contribution in [0.1, 0.15) is 63.0 Å². The minimum absolute atomic E-state index is 0.194. The van der Waals surface area contributed by atoms with E-state index < -0.39 is 0 Å². The van der Waals surface area contributed by atoms with Gasteiger partial charge in [-0.25, -0.2) is 4.98 Å². The van der Waals surface area contributed by atoms with Crippen LogP contribution in [0.3, 0.4) is 0 Å². The Morgan fingerprint density at radius 3 is 2.37 bits per heavy atom. The second-order valence-corrected chi connectivity index (χ2v) is 6.28. The zero-order chi connectivity index (χ0) is 14.5. The molecule has 110 valence electrons. The molecule has 1 N–H and O–H groups in total. The third-order valence-corrected chi connectivity index (χ3v) is 4.86. The number of hydrogen-bond acceptors (Lipinski definition) is 4. The van der Waals surface area contributed by atoms with Gasteiger partial charge >= 0.3 is 0 Å². The second kappa shape index (κ2) is 7.36. The van der Waals surface area contributed by atoms with Crippen molar-refractivity contribution in [2.24, 2.45) is 0 Å². The third kappa shape index (κ3) is 4.01. The summed E-state index contributed by atoms with van der Waals surface area (Å²) in [5.74, 6) is 0. The summed E-state index contributed by atoms with van der Waals surface area (Å²) in [6, 6.07) is 0.499. The third-order valence-electron chi connectivity index (χ3n) is 3.52. The van der Waals surface area contributed by atoms with E-state index in [0.29, 0.717) is 6.04 Å². The number of rotatable bonds is 8. The predicted octanol–water partition coefficient (Wildman–Crippen LogP) is 4.00. The highest BCUT2D eigenvalue weighted by atomic mass is 32.1. The first-order valence-corrected chi connectivity index (χ1v) is 8.14. The Hall–Kier alpha value is -0.450. The maximum Gasteiger partial charge on any atom is 0.125 e. The maximum absolute atomic E-state index is 6.04. The largest absolute Gasteiger partial charge is 0.368 e. The van der Waals surface area contributed by atoms with Crippen LogP contribution in [0.2, 0.25) is 0 Å². The highest BCUT2D eigenvalue weighted by Crippen LogP contribution is 2.36. The van der Waals surface area contributed by atoms with Crippen LogP contribution in [-0.2, 0) is 16.9 Å². The van der Waals surface area contributed by atoms with Gasteiger partial charge in [-0.3, -0.25) is 0 Å². The fraction of sp³-hybridized carbons (Fsp3) is 0.800. The summed E-state index contributed by atoms with van der Waals surface area (Å²) in [6.45, 7) is 14.5. The van der Waals surface area contributed by atoms with E-state index in [0.717, 1.165) is 36.7 Å². The van der Waals surface area contributed by atoms with Gasteiger partial charge in [0.2, 0.25) is 0 Å². The Balaban J connectivity index is 2.96. The summed E-state index contributed by atoms with van der Waals surface area (Å²) in [7, 11) is 0. The van der Waals surface area contributed by atoms with Crippen molar-refractivity contribution >= 4 is 11.3 Å². The zero-order valence-electron chi connectivity index (χ0n) is 13.2. The van der Waals surface area contributed by atoms with E-state index in [1.807, 2.05) is 0 Å². The van der Waals surface area contributed by atoms with Crippen LogP contribution in [0.25, 0.3) is 0 Å². The van der Waals surface area contributed by atoms with E-state index >= 15 is 0 Å². The van der Waals surface area contributed by atoms with Crippen LogP contribution < -0.4 is 5.32 Å². The quantitative estimate of drug-likeness (QED) is 0.783. The van der Waals surface area contributed by atoms with Crippen LogP contribution >= 0.6 is 11.3 Å². The van der Waals surface area contributed by atoms with E-state index in [2.05, 4.69) is 46.9 Å². The molecule has 0 radical (unpaired) electrons. The first kappa shape index (κ1) is 16.6.